The highest BCUT2D eigenvalue weighted by molar-refractivity contribution is 5.75. The molecule has 0 bridgehead atoms. The van der Waals surface area contributed by atoms with Crippen LogP contribution in [0.25, 0.3) is 0 Å². The number of aliphatic hydroxyl groups excluding tert-OH is 1. The fourth-order valence-corrected chi connectivity index (χ4v) is 2.64. The Morgan fingerprint density at radius 3 is 2.26 bits per heavy atom. The van der Waals surface area contributed by atoms with Gasteiger partial charge in [0.05, 0.1) is 6.54 Å². The van der Waals surface area contributed by atoms with E-state index in [9.17, 15) is 9.59 Å². The van der Waals surface area contributed by atoms with Crippen LogP contribution in [0.3, 0.4) is 0 Å². The number of carbonyl (C=O) groups excluding carboxylic acids is 1. The Balaban J connectivity index is 1.78. The fraction of sp³-hybridized carbons (Fsp3) is 0.833. The Kier molecular flexibility index (Phi) is 4.60. The summed E-state index contributed by atoms with van der Waals surface area (Å²) in [6, 6.07) is 0.0194. The van der Waals surface area contributed by atoms with E-state index in [1.807, 2.05) is 4.90 Å². The summed E-state index contributed by atoms with van der Waals surface area (Å²) in [4.78, 5) is 28.2. The molecule has 108 valence electrons. The number of urea groups is 1. The van der Waals surface area contributed by atoms with Gasteiger partial charge in [0.15, 0.2) is 0 Å². The Morgan fingerprint density at radius 1 is 1.05 bits per heavy atom. The SMILES string of the molecule is O=C(O)CN1CCN(C(=O)N2CCC(CO)C2)CC1. The van der Waals surface area contributed by atoms with Crippen LogP contribution < -0.4 is 0 Å². The van der Waals surface area contributed by atoms with Crippen LogP contribution in [0.15, 0.2) is 0 Å². The van der Waals surface area contributed by atoms with Gasteiger partial charge in [-0.05, 0) is 6.42 Å². The zero-order valence-electron chi connectivity index (χ0n) is 11.0. The molecule has 2 fully saturated rings. The highest BCUT2D eigenvalue weighted by Gasteiger charge is 2.30. The van der Waals surface area contributed by atoms with Gasteiger partial charge in [-0.15, -0.1) is 0 Å². The molecule has 2 aliphatic rings. The molecule has 7 nitrogen and oxygen atoms in total. The summed E-state index contributed by atoms with van der Waals surface area (Å²) in [6.07, 6.45) is 0.862. The average Bonchev–Trinajstić information content (AvgIpc) is 2.87. The molecule has 2 rings (SSSR count). The van der Waals surface area contributed by atoms with Crippen molar-refractivity contribution in [2.24, 2.45) is 5.92 Å². The van der Waals surface area contributed by atoms with Gasteiger partial charge in [0.1, 0.15) is 0 Å². The molecule has 2 N–H and O–H groups in total. The third-order valence-corrected chi connectivity index (χ3v) is 3.82. The van der Waals surface area contributed by atoms with E-state index < -0.39 is 5.97 Å². The zero-order valence-corrected chi connectivity index (χ0v) is 11.0. The number of piperazine rings is 1. The maximum absolute atomic E-state index is 12.2. The van der Waals surface area contributed by atoms with Gasteiger partial charge in [-0.2, -0.15) is 0 Å². The number of aliphatic carboxylic acids is 1. The molecule has 19 heavy (non-hydrogen) atoms. The summed E-state index contributed by atoms with van der Waals surface area (Å²) >= 11 is 0. The van der Waals surface area contributed by atoms with Gasteiger partial charge in [0, 0.05) is 51.8 Å². The maximum Gasteiger partial charge on any atom is 0.320 e. The fourth-order valence-electron chi connectivity index (χ4n) is 2.64. The molecule has 1 unspecified atom stereocenters. The van der Waals surface area contributed by atoms with Crippen LogP contribution in [0.4, 0.5) is 4.79 Å². The average molecular weight is 271 g/mol. The predicted molar refractivity (Wildman–Crippen MR) is 67.8 cm³/mol. The molecule has 0 spiro atoms. The van der Waals surface area contributed by atoms with E-state index in [1.54, 1.807) is 9.80 Å². The monoisotopic (exact) mass is 271 g/mol. The minimum atomic E-state index is -0.829. The van der Waals surface area contributed by atoms with Gasteiger partial charge >= 0.3 is 12.0 Å². The van der Waals surface area contributed by atoms with Crippen LogP contribution in [-0.2, 0) is 4.79 Å². The van der Waals surface area contributed by atoms with Gasteiger partial charge in [0.2, 0.25) is 0 Å². The van der Waals surface area contributed by atoms with Crippen molar-refractivity contribution in [3.05, 3.63) is 0 Å². The van der Waals surface area contributed by atoms with Gasteiger partial charge in [-0.25, -0.2) is 4.79 Å². The van der Waals surface area contributed by atoms with Crippen LogP contribution in [0.5, 0.6) is 0 Å². The Bertz CT molecular complexity index is 342. The second kappa shape index (κ2) is 6.21. The van der Waals surface area contributed by atoms with Crippen LogP contribution in [0, 0.1) is 5.92 Å². The Labute approximate surface area is 112 Å². The summed E-state index contributed by atoms with van der Waals surface area (Å²) in [5, 5.41) is 17.8. The number of carbonyl (C=O) groups is 2. The number of hydrogen-bond acceptors (Lipinski definition) is 4. The number of aliphatic hydroxyl groups is 1. The van der Waals surface area contributed by atoms with E-state index in [2.05, 4.69) is 0 Å². The second-order valence-corrected chi connectivity index (χ2v) is 5.22. The van der Waals surface area contributed by atoms with Crippen molar-refractivity contribution in [1.82, 2.24) is 14.7 Å². The third-order valence-electron chi connectivity index (χ3n) is 3.82. The van der Waals surface area contributed by atoms with Crippen molar-refractivity contribution in [1.29, 1.82) is 0 Å². The molecule has 2 amide bonds. The van der Waals surface area contributed by atoms with E-state index in [0.717, 1.165) is 6.42 Å². The molecule has 2 aliphatic heterocycles. The molecule has 1 atom stereocenters. The van der Waals surface area contributed by atoms with E-state index in [-0.39, 0.29) is 25.1 Å². The Morgan fingerprint density at radius 2 is 1.74 bits per heavy atom. The topological polar surface area (TPSA) is 84.3 Å². The van der Waals surface area contributed by atoms with Gasteiger partial charge < -0.3 is 20.0 Å². The van der Waals surface area contributed by atoms with Crippen LogP contribution >= 0.6 is 0 Å². The van der Waals surface area contributed by atoms with E-state index >= 15 is 0 Å². The van der Waals surface area contributed by atoms with E-state index in [1.165, 1.54) is 0 Å². The minimum Gasteiger partial charge on any atom is -0.480 e. The van der Waals surface area contributed by atoms with E-state index in [0.29, 0.717) is 39.3 Å². The lowest BCUT2D eigenvalue weighted by atomic mass is 10.1. The van der Waals surface area contributed by atoms with Gasteiger partial charge in [-0.1, -0.05) is 0 Å². The minimum absolute atomic E-state index is 0.0194. The third kappa shape index (κ3) is 3.57. The molecule has 0 aromatic heterocycles. The summed E-state index contributed by atoms with van der Waals surface area (Å²) in [7, 11) is 0. The van der Waals surface area contributed by atoms with Crippen molar-refractivity contribution >= 4 is 12.0 Å². The normalized spacial score (nSPS) is 24.8. The molecule has 0 aromatic rings. The molecule has 0 radical (unpaired) electrons. The van der Waals surface area contributed by atoms with Crippen molar-refractivity contribution in [2.45, 2.75) is 6.42 Å². The largest absolute Gasteiger partial charge is 0.480 e. The first kappa shape index (κ1) is 14.1. The first-order valence-electron chi connectivity index (χ1n) is 6.69. The molecule has 0 aliphatic carbocycles. The number of nitrogens with zero attached hydrogens (tertiary/aromatic N) is 3. The second-order valence-electron chi connectivity index (χ2n) is 5.22. The Hall–Kier alpha value is -1.34. The van der Waals surface area contributed by atoms with E-state index in [4.69, 9.17) is 10.2 Å². The van der Waals surface area contributed by atoms with Crippen LogP contribution in [0.1, 0.15) is 6.42 Å². The first-order chi connectivity index (χ1) is 9.10. The van der Waals surface area contributed by atoms with Crippen molar-refractivity contribution in [3.63, 3.8) is 0 Å². The molecule has 0 aromatic carbocycles. The summed E-state index contributed by atoms with van der Waals surface area (Å²) in [5.41, 5.74) is 0. The quantitative estimate of drug-likeness (QED) is 0.696. The van der Waals surface area contributed by atoms with Crippen molar-refractivity contribution < 1.29 is 19.8 Å². The predicted octanol–water partition coefficient (Wildman–Crippen LogP) is -0.877. The van der Waals surface area contributed by atoms with Gasteiger partial charge in [0.25, 0.3) is 0 Å². The smallest absolute Gasteiger partial charge is 0.320 e. The maximum atomic E-state index is 12.2. The number of amides is 2. The molecule has 7 heteroatoms. The van der Waals surface area contributed by atoms with Crippen molar-refractivity contribution in [3.8, 4) is 0 Å². The highest BCUT2D eigenvalue weighted by atomic mass is 16.4. The van der Waals surface area contributed by atoms with Crippen LogP contribution in [-0.4, -0.2) is 89.3 Å². The lowest BCUT2D eigenvalue weighted by Crippen LogP contribution is -2.53. The lowest BCUT2D eigenvalue weighted by Gasteiger charge is -2.36. The molecule has 2 heterocycles. The number of rotatable bonds is 3. The summed E-state index contributed by atoms with van der Waals surface area (Å²) < 4.78 is 0. The summed E-state index contributed by atoms with van der Waals surface area (Å²) in [6.45, 7) is 3.88. The number of carboxylic acids is 1. The molecule has 0 saturated carbocycles. The van der Waals surface area contributed by atoms with Gasteiger partial charge in [-0.3, -0.25) is 9.69 Å². The summed E-state index contributed by atoms with van der Waals surface area (Å²) in [5.74, 6) is -0.623. The molecule has 2 saturated heterocycles. The number of hydrogen-bond donors (Lipinski definition) is 2. The molecular formula is C12H21N3O4. The first-order valence-corrected chi connectivity index (χ1v) is 6.69. The number of likely N-dealkylation sites (tertiary alicyclic amines) is 1. The zero-order chi connectivity index (χ0) is 13.8. The highest BCUT2D eigenvalue weighted by Crippen LogP contribution is 2.17. The number of carboxylic acid groups (broad SMARTS) is 1. The lowest BCUT2D eigenvalue weighted by molar-refractivity contribution is -0.138. The van der Waals surface area contributed by atoms with Crippen LogP contribution in [0.2, 0.25) is 0 Å². The van der Waals surface area contributed by atoms with Crippen molar-refractivity contribution in [2.75, 3.05) is 52.4 Å². The molecular weight excluding hydrogens is 250 g/mol. The standard InChI is InChI=1S/C12H21N3O4/c16-9-10-1-2-15(7-10)12(19)14-5-3-13(4-6-14)8-11(17)18/h10,16H,1-9H2,(H,17,18).